The number of hydrogen-bond donors (Lipinski definition) is 1. The van der Waals surface area contributed by atoms with Crippen LogP contribution in [0.4, 0.5) is 10.6 Å². The fourth-order valence-corrected chi connectivity index (χ4v) is 3.56. The first-order valence-corrected chi connectivity index (χ1v) is 9.87. The zero-order valence-electron chi connectivity index (χ0n) is 14.6. The van der Waals surface area contributed by atoms with Crippen LogP contribution in [-0.4, -0.2) is 33.7 Å². The number of rotatable bonds is 4. The van der Waals surface area contributed by atoms with Gasteiger partial charge in [-0.15, -0.1) is 6.42 Å². The number of aromatic nitrogens is 2. The highest BCUT2D eigenvalue weighted by Crippen LogP contribution is 2.41. The minimum absolute atomic E-state index is 0.206. The third-order valence-corrected chi connectivity index (χ3v) is 5.14. The number of terminal acetylenes is 1. The van der Waals surface area contributed by atoms with Gasteiger partial charge in [0.15, 0.2) is 5.82 Å². The largest absolute Gasteiger partial charge is 0.390 e. The molecule has 1 saturated heterocycles. The van der Waals surface area contributed by atoms with Crippen LogP contribution in [0.5, 0.6) is 0 Å². The summed E-state index contributed by atoms with van der Waals surface area (Å²) in [5.41, 5.74) is 7.78. The number of benzene rings is 1. The van der Waals surface area contributed by atoms with Crippen LogP contribution in [0.15, 0.2) is 29.3 Å². The van der Waals surface area contributed by atoms with Crippen LogP contribution in [0.25, 0.3) is 11.1 Å². The summed E-state index contributed by atoms with van der Waals surface area (Å²) in [6.07, 6.45) is 9.09. The summed E-state index contributed by atoms with van der Waals surface area (Å²) < 4.78 is 7.17. The van der Waals surface area contributed by atoms with Crippen molar-refractivity contribution in [2.75, 3.05) is 12.4 Å². The van der Waals surface area contributed by atoms with E-state index in [0.29, 0.717) is 23.1 Å². The first-order chi connectivity index (χ1) is 13.2. The molecule has 1 fully saturated rings. The van der Waals surface area contributed by atoms with Crippen molar-refractivity contribution in [1.82, 2.24) is 9.78 Å². The second-order valence-corrected chi connectivity index (χ2v) is 7.26. The van der Waals surface area contributed by atoms with E-state index in [-0.39, 0.29) is 17.1 Å². The van der Waals surface area contributed by atoms with Gasteiger partial charge in [0.1, 0.15) is 11.8 Å². The molecule has 27 heavy (non-hydrogen) atoms. The molecule has 1 atom stereocenters. The number of hydrogen-bond acceptors (Lipinski definition) is 5. The van der Waals surface area contributed by atoms with E-state index in [2.05, 4.69) is 16.0 Å². The molecule has 0 radical (unpaired) electrons. The topological polar surface area (TPSA) is 82.5 Å². The smallest absolute Gasteiger partial charge is 0.308 e. The number of carbonyl (C=O) groups excluding carboxylic acids is 1. The van der Waals surface area contributed by atoms with Gasteiger partial charge >= 0.3 is 5.24 Å². The highest BCUT2D eigenvalue weighted by molar-refractivity contribution is 8.13. The van der Waals surface area contributed by atoms with Crippen LogP contribution in [0, 0.1) is 12.3 Å². The molecule has 0 aliphatic carbocycles. The Hall–Kier alpha value is -2.27. The van der Waals surface area contributed by atoms with Crippen molar-refractivity contribution in [2.45, 2.75) is 25.4 Å². The van der Waals surface area contributed by atoms with E-state index in [9.17, 15) is 4.79 Å². The molecule has 2 aromatic rings. The van der Waals surface area contributed by atoms with Crippen LogP contribution < -0.4 is 5.73 Å². The Bertz CT molecular complexity index is 880. The molecule has 140 valence electrons. The van der Waals surface area contributed by atoms with Gasteiger partial charge in [-0.1, -0.05) is 29.7 Å². The molecule has 1 aliphatic heterocycles. The third-order valence-electron chi connectivity index (χ3n) is 4.15. The van der Waals surface area contributed by atoms with Crippen molar-refractivity contribution >= 4 is 40.8 Å². The standard InChI is InChI=1S/C19H19ClN4O2S/c1-2-11-27-19(25)24-18(22-12-21)16(13-6-8-14(20)9-7-13)17(23-24)15-5-3-4-10-26-15/h1,6-9,12,15H,3-5,10-11H2,(H2,21,22). The molecule has 1 aromatic carbocycles. The maximum atomic E-state index is 12.6. The number of thioether (sulfide) groups is 1. The fraction of sp³-hybridized carbons (Fsp3) is 0.316. The third kappa shape index (κ3) is 4.35. The second-order valence-electron chi connectivity index (χ2n) is 5.89. The van der Waals surface area contributed by atoms with Crippen LogP contribution in [0.1, 0.15) is 31.1 Å². The Labute approximate surface area is 167 Å². The predicted molar refractivity (Wildman–Crippen MR) is 110 cm³/mol. The lowest BCUT2D eigenvalue weighted by Gasteiger charge is -2.22. The maximum absolute atomic E-state index is 12.6. The van der Waals surface area contributed by atoms with Gasteiger partial charge in [0.25, 0.3) is 0 Å². The van der Waals surface area contributed by atoms with Crippen LogP contribution >= 0.6 is 23.4 Å². The molecule has 1 unspecified atom stereocenters. The summed E-state index contributed by atoms with van der Waals surface area (Å²) in [5.74, 6) is 3.05. The lowest BCUT2D eigenvalue weighted by Crippen LogP contribution is -2.14. The highest BCUT2D eigenvalue weighted by Gasteiger charge is 2.29. The number of halogens is 1. The first kappa shape index (κ1) is 19.5. The van der Waals surface area contributed by atoms with E-state index >= 15 is 0 Å². The number of aliphatic imine (C=N–C) groups is 1. The molecule has 6 nitrogen and oxygen atoms in total. The summed E-state index contributed by atoms with van der Waals surface area (Å²) in [5, 5.41) is 4.86. The zero-order valence-corrected chi connectivity index (χ0v) is 16.2. The Balaban J connectivity index is 2.16. The summed E-state index contributed by atoms with van der Waals surface area (Å²) in [4.78, 5) is 16.9. The van der Waals surface area contributed by atoms with Gasteiger partial charge in [-0.05, 0) is 48.7 Å². The summed E-state index contributed by atoms with van der Waals surface area (Å²) in [6, 6.07) is 7.30. The Morgan fingerprint density at radius 3 is 2.89 bits per heavy atom. The number of nitrogens with two attached hydrogens (primary N) is 1. The number of ether oxygens (including phenoxy) is 1. The van der Waals surface area contributed by atoms with Crippen molar-refractivity contribution in [1.29, 1.82) is 0 Å². The van der Waals surface area contributed by atoms with E-state index in [1.165, 1.54) is 4.68 Å². The molecular weight excluding hydrogens is 384 g/mol. The van der Waals surface area contributed by atoms with Gasteiger partial charge < -0.3 is 10.5 Å². The molecule has 2 N–H and O–H groups in total. The molecule has 0 amide bonds. The molecule has 0 saturated carbocycles. The zero-order chi connectivity index (χ0) is 19.2. The maximum Gasteiger partial charge on any atom is 0.308 e. The number of nitrogens with zero attached hydrogens (tertiary/aromatic N) is 3. The average molecular weight is 403 g/mol. The molecule has 0 bridgehead atoms. The predicted octanol–water partition coefficient (Wildman–Crippen LogP) is 4.40. The molecule has 3 rings (SSSR count). The Morgan fingerprint density at radius 1 is 1.48 bits per heavy atom. The summed E-state index contributed by atoms with van der Waals surface area (Å²) in [7, 11) is 0. The minimum atomic E-state index is -0.314. The normalized spacial score (nSPS) is 17.1. The lowest BCUT2D eigenvalue weighted by atomic mass is 9.98. The molecular formula is C19H19ClN4O2S. The van der Waals surface area contributed by atoms with Crippen LogP contribution in [0.3, 0.4) is 0 Å². The van der Waals surface area contributed by atoms with Gasteiger partial charge in [-0.25, -0.2) is 4.99 Å². The Morgan fingerprint density at radius 2 is 2.26 bits per heavy atom. The van der Waals surface area contributed by atoms with E-state index < -0.39 is 0 Å². The van der Waals surface area contributed by atoms with E-state index in [4.69, 9.17) is 28.5 Å². The second kappa shape index (κ2) is 9.09. The first-order valence-electron chi connectivity index (χ1n) is 8.51. The van der Waals surface area contributed by atoms with Gasteiger partial charge in [0.2, 0.25) is 0 Å². The van der Waals surface area contributed by atoms with Gasteiger partial charge in [0.05, 0.1) is 17.7 Å². The van der Waals surface area contributed by atoms with Gasteiger partial charge in [-0.3, -0.25) is 4.79 Å². The molecule has 8 heteroatoms. The van der Waals surface area contributed by atoms with Crippen molar-refractivity contribution in [3.8, 4) is 23.5 Å². The highest BCUT2D eigenvalue weighted by atomic mass is 35.5. The quantitative estimate of drug-likeness (QED) is 0.465. The van der Waals surface area contributed by atoms with Crippen LogP contribution in [0.2, 0.25) is 5.02 Å². The molecule has 1 aliphatic rings. The van der Waals surface area contributed by atoms with Crippen LogP contribution in [-0.2, 0) is 4.74 Å². The van der Waals surface area contributed by atoms with E-state index in [0.717, 1.165) is 48.5 Å². The van der Waals surface area contributed by atoms with E-state index in [1.54, 1.807) is 12.1 Å². The monoisotopic (exact) mass is 402 g/mol. The van der Waals surface area contributed by atoms with Crippen molar-refractivity contribution < 1.29 is 9.53 Å². The van der Waals surface area contributed by atoms with Crippen molar-refractivity contribution in [3.63, 3.8) is 0 Å². The fourth-order valence-electron chi connectivity index (χ4n) is 2.98. The van der Waals surface area contributed by atoms with Gasteiger partial charge in [0, 0.05) is 11.6 Å². The molecule has 1 aromatic heterocycles. The molecule has 2 heterocycles. The SMILES string of the molecule is C#CCSC(=O)n1nc(C2CCCCO2)c(-c2ccc(Cl)cc2)c1/N=C\N. The van der Waals surface area contributed by atoms with E-state index in [1.807, 2.05) is 12.1 Å². The van der Waals surface area contributed by atoms with Gasteiger partial charge in [-0.2, -0.15) is 9.78 Å². The van der Waals surface area contributed by atoms with Crippen molar-refractivity contribution in [3.05, 3.63) is 35.0 Å². The molecule has 0 spiro atoms. The summed E-state index contributed by atoms with van der Waals surface area (Å²) in [6.45, 7) is 0.660. The summed E-state index contributed by atoms with van der Waals surface area (Å²) >= 11 is 7.01. The Kier molecular flexibility index (Phi) is 6.56. The average Bonchev–Trinajstić information content (AvgIpc) is 3.07. The van der Waals surface area contributed by atoms with Crippen molar-refractivity contribution in [2.24, 2.45) is 10.7 Å². The number of carbonyl (C=O) groups is 1. The lowest BCUT2D eigenvalue weighted by molar-refractivity contribution is 0.0125. The minimum Gasteiger partial charge on any atom is -0.390 e.